The summed E-state index contributed by atoms with van der Waals surface area (Å²) in [6, 6.07) is 3.72. The molecule has 0 radical (unpaired) electrons. The number of carbonyl (C=O) groups excluding carboxylic acids is 3. The highest BCUT2D eigenvalue weighted by atomic mass is 16.5. The lowest BCUT2D eigenvalue weighted by Crippen LogP contribution is -2.50. The lowest BCUT2D eigenvalue weighted by atomic mass is 10.1. The Hall–Kier alpha value is -2.94. The van der Waals surface area contributed by atoms with Gasteiger partial charge in [0.25, 0.3) is 11.8 Å². The third-order valence-corrected chi connectivity index (χ3v) is 4.43. The molecule has 0 fully saturated rings. The highest BCUT2D eigenvalue weighted by Gasteiger charge is 2.40. The second-order valence-electron chi connectivity index (χ2n) is 6.39. The van der Waals surface area contributed by atoms with Gasteiger partial charge in [-0.25, -0.2) is 9.59 Å². The Bertz CT molecular complexity index is 763. The molecule has 1 aromatic rings. The predicted octanol–water partition coefficient (Wildman–Crippen LogP) is 2.00. The summed E-state index contributed by atoms with van der Waals surface area (Å²) in [7, 11) is 0. The Labute approximate surface area is 162 Å². The molecular weight excluding hydrogens is 368 g/mol. The molecule has 0 saturated carbocycles. The van der Waals surface area contributed by atoms with Crippen molar-refractivity contribution in [2.24, 2.45) is 0 Å². The first-order chi connectivity index (χ1) is 13.4. The molecule has 9 heteroatoms. The quantitative estimate of drug-likeness (QED) is 0.409. The minimum atomic E-state index is -1.20. The highest BCUT2D eigenvalue weighted by molar-refractivity contribution is 6.22. The van der Waals surface area contributed by atoms with Crippen molar-refractivity contribution in [2.75, 3.05) is 13.2 Å². The zero-order valence-electron chi connectivity index (χ0n) is 15.6. The van der Waals surface area contributed by atoms with Crippen LogP contribution >= 0.6 is 0 Å². The van der Waals surface area contributed by atoms with Crippen molar-refractivity contribution in [1.29, 1.82) is 0 Å². The molecule has 28 heavy (non-hydrogen) atoms. The zero-order chi connectivity index (χ0) is 20.7. The molecule has 0 spiro atoms. The summed E-state index contributed by atoms with van der Waals surface area (Å²) < 4.78 is 5.07. The number of carboxylic acids is 1. The third kappa shape index (κ3) is 4.86. The number of aliphatic hydroxyl groups excluding tert-OH is 1. The van der Waals surface area contributed by atoms with Gasteiger partial charge in [-0.1, -0.05) is 13.3 Å². The molecule has 0 saturated heterocycles. The highest BCUT2D eigenvalue weighted by Crippen LogP contribution is 2.26. The van der Waals surface area contributed by atoms with Gasteiger partial charge in [0.15, 0.2) is 0 Å². The standard InChI is InChI=1S/C19H24N2O7/c1-2-15(20-19(27)28-10-6-4-3-5-9-22)21-16(23)13-8-7-12(18(25)26)11-14(13)17(21)24/h7-8,11,15,22H,2-6,9-10H2,1H3,(H,20,27)(H,25,26). The maximum atomic E-state index is 12.6. The van der Waals surface area contributed by atoms with E-state index in [9.17, 15) is 19.2 Å². The van der Waals surface area contributed by atoms with Crippen molar-refractivity contribution >= 4 is 23.9 Å². The molecule has 3 amide bonds. The number of carbonyl (C=O) groups is 4. The number of fused-ring (bicyclic) bond motifs is 1. The van der Waals surface area contributed by atoms with E-state index in [1.807, 2.05) is 0 Å². The Morgan fingerprint density at radius 3 is 2.43 bits per heavy atom. The number of ether oxygens (including phenoxy) is 1. The summed E-state index contributed by atoms with van der Waals surface area (Å²) in [6.45, 7) is 2.03. The van der Waals surface area contributed by atoms with Gasteiger partial charge in [-0.15, -0.1) is 0 Å². The normalized spacial score (nSPS) is 14.0. The number of aliphatic hydroxyl groups is 1. The molecule has 1 unspecified atom stereocenters. The van der Waals surface area contributed by atoms with Crippen LogP contribution in [0, 0.1) is 0 Å². The van der Waals surface area contributed by atoms with E-state index < -0.39 is 30.0 Å². The average molecular weight is 392 g/mol. The average Bonchev–Trinajstić information content (AvgIpc) is 2.93. The summed E-state index contributed by atoms with van der Waals surface area (Å²) in [5.41, 5.74) is 0.0123. The number of hydrogen-bond acceptors (Lipinski definition) is 6. The lowest BCUT2D eigenvalue weighted by molar-refractivity contribution is 0.0538. The van der Waals surface area contributed by atoms with Crippen LogP contribution < -0.4 is 5.32 Å². The molecule has 1 aliphatic heterocycles. The molecule has 0 aliphatic carbocycles. The van der Waals surface area contributed by atoms with E-state index in [-0.39, 0.29) is 36.3 Å². The number of rotatable bonds is 10. The van der Waals surface area contributed by atoms with E-state index in [2.05, 4.69) is 5.32 Å². The van der Waals surface area contributed by atoms with Gasteiger partial charge in [0, 0.05) is 6.61 Å². The van der Waals surface area contributed by atoms with Crippen LogP contribution in [0.4, 0.5) is 4.79 Å². The Morgan fingerprint density at radius 2 is 1.79 bits per heavy atom. The van der Waals surface area contributed by atoms with Crippen LogP contribution in [0.1, 0.15) is 70.1 Å². The second-order valence-corrected chi connectivity index (χ2v) is 6.39. The Balaban J connectivity index is 1.98. The fraction of sp³-hybridized carbons (Fsp3) is 0.474. The number of hydrogen-bond donors (Lipinski definition) is 3. The molecule has 1 aromatic carbocycles. The fourth-order valence-corrected chi connectivity index (χ4v) is 2.93. The number of unbranched alkanes of at least 4 members (excludes halogenated alkanes) is 3. The first-order valence-electron chi connectivity index (χ1n) is 9.20. The van der Waals surface area contributed by atoms with Crippen molar-refractivity contribution in [3.63, 3.8) is 0 Å². The van der Waals surface area contributed by atoms with E-state index in [1.54, 1.807) is 6.92 Å². The molecule has 152 valence electrons. The SMILES string of the molecule is CCC(NC(=O)OCCCCCCO)N1C(=O)c2ccc(C(=O)O)cc2C1=O. The number of amides is 3. The van der Waals surface area contributed by atoms with Gasteiger partial charge in [-0.2, -0.15) is 0 Å². The van der Waals surface area contributed by atoms with Crippen molar-refractivity contribution in [3.8, 4) is 0 Å². The van der Waals surface area contributed by atoms with Gasteiger partial charge >= 0.3 is 12.1 Å². The minimum absolute atomic E-state index is 0.00222. The van der Waals surface area contributed by atoms with E-state index >= 15 is 0 Å². The van der Waals surface area contributed by atoms with E-state index in [0.29, 0.717) is 12.8 Å². The number of carboxylic acid groups (broad SMARTS) is 1. The van der Waals surface area contributed by atoms with E-state index in [4.69, 9.17) is 14.9 Å². The first kappa shape index (κ1) is 21.4. The topological polar surface area (TPSA) is 133 Å². The molecule has 0 bridgehead atoms. The maximum absolute atomic E-state index is 12.6. The monoisotopic (exact) mass is 392 g/mol. The van der Waals surface area contributed by atoms with Crippen LogP contribution in [-0.4, -0.2) is 58.4 Å². The van der Waals surface area contributed by atoms with Gasteiger partial charge in [0.1, 0.15) is 6.17 Å². The van der Waals surface area contributed by atoms with Crippen LogP contribution in [0.2, 0.25) is 0 Å². The van der Waals surface area contributed by atoms with E-state index in [1.165, 1.54) is 12.1 Å². The van der Waals surface area contributed by atoms with Crippen molar-refractivity contribution in [3.05, 3.63) is 34.9 Å². The number of nitrogens with zero attached hydrogens (tertiary/aromatic N) is 1. The van der Waals surface area contributed by atoms with Crippen molar-refractivity contribution < 1.29 is 34.1 Å². The maximum Gasteiger partial charge on any atom is 0.408 e. The largest absolute Gasteiger partial charge is 0.478 e. The zero-order valence-corrected chi connectivity index (χ0v) is 15.6. The first-order valence-corrected chi connectivity index (χ1v) is 9.20. The summed E-state index contributed by atoms with van der Waals surface area (Å²) in [6.07, 6.45) is 1.63. The number of alkyl carbamates (subject to hydrolysis) is 1. The molecule has 2 rings (SSSR count). The van der Waals surface area contributed by atoms with Crippen molar-refractivity contribution in [2.45, 2.75) is 45.2 Å². The van der Waals surface area contributed by atoms with Crippen LogP contribution in [0.5, 0.6) is 0 Å². The lowest BCUT2D eigenvalue weighted by Gasteiger charge is -2.25. The molecule has 1 aliphatic rings. The molecule has 1 heterocycles. The molecule has 3 N–H and O–H groups in total. The van der Waals surface area contributed by atoms with Crippen LogP contribution in [0.25, 0.3) is 0 Å². The summed E-state index contributed by atoms with van der Waals surface area (Å²) >= 11 is 0. The molecule has 1 atom stereocenters. The second kappa shape index (κ2) is 9.84. The molecular formula is C19H24N2O7. The van der Waals surface area contributed by atoms with Gasteiger partial charge in [-0.3, -0.25) is 14.5 Å². The van der Waals surface area contributed by atoms with Crippen LogP contribution in [0.15, 0.2) is 18.2 Å². The number of imide groups is 1. The fourth-order valence-electron chi connectivity index (χ4n) is 2.93. The molecule has 9 nitrogen and oxygen atoms in total. The number of benzene rings is 1. The van der Waals surface area contributed by atoms with Gasteiger partial charge in [0.05, 0.1) is 23.3 Å². The minimum Gasteiger partial charge on any atom is -0.478 e. The molecule has 0 aromatic heterocycles. The smallest absolute Gasteiger partial charge is 0.408 e. The van der Waals surface area contributed by atoms with Crippen molar-refractivity contribution in [1.82, 2.24) is 10.2 Å². The third-order valence-electron chi connectivity index (χ3n) is 4.43. The van der Waals surface area contributed by atoms with E-state index in [0.717, 1.165) is 23.8 Å². The summed E-state index contributed by atoms with van der Waals surface area (Å²) in [5, 5.41) is 20.3. The van der Waals surface area contributed by atoms with Crippen LogP contribution in [0.3, 0.4) is 0 Å². The Morgan fingerprint density at radius 1 is 1.11 bits per heavy atom. The predicted molar refractivity (Wildman–Crippen MR) is 98.0 cm³/mol. The number of aromatic carboxylic acids is 1. The van der Waals surface area contributed by atoms with Gasteiger partial charge < -0.3 is 20.3 Å². The Kier molecular flexibility index (Phi) is 7.51. The summed E-state index contributed by atoms with van der Waals surface area (Å²) in [4.78, 5) is 49.2. The van der Waals surface area contributed by atoms with Gasteiger partial charge in [0.2, 0.25) is 0 Å². The van der Waals surface area contributed by atoms with Gasteiger partial charge in [-0.05, 0) is 43.9 Å². The summed E-state index contributed by atoms with van der Waals surface area (Å²) in [5.74, 6) is -2.44. The van der Waals surface area contributed by atoms with Crippen LogP contribution in [-0.2, 0) is 4.74 Å². The number of nitrogens with one attached hydrogen (secondary N) is 1.